The molecule has 0 aliphatic heterocycles. The molecule has 12 heteroatoms. The number of hydrogen-bond donors (Lipinski definition) is 2. The van der Waals surface area contributed by atoms with Crippen LogP contribution in [0.15, 0.2) is 67.8 Å². The minimum absolute atomic E-state index is 0.0819. The molecular formula is C19H17N3O5S4. The Balaban J connectivity index is 1.73. The third-order valence-electron chi connectivity index (χ3n) is 4.48. The Kier molecular flexibility index (Phi) is 5.41. The van der Waals surface area contributed by atoms with Gasteiger partial charge in [-0.3, -0.25) is 18.2 Å². The third kappa shape index (κ3) is 4.24. The maximum atomic E-state index is 13.0. The second-order valence-corrected chi connectivity index (χ2v) is 12.4. The standard InChI is InChI=1S/C19H17N3O5S4/c1-12-5-7-15(20-31(26,27)18-4-3-9-28-18)16(10-12)21-30(24,25)13-6-8-17-14(11-13)19(23)29-22(17)2/h3-11,20-21H,1-2H3. The van der Waals surface area contributed by atoms with Gasteiger partial charge in [-0.05, 0) is 65.8 Å². The van der Waals surface area contributed by atoms with Crippen LogP contribution in [0.25, 0.3) is 10.9 Å². The summed E-state index contributed by atoms with van der Waals surface area (Å²) >= 11 is 2.04. The van der Waals surface area contributed by atoms with E-state index in [-0.39, 0.29) is 25.2 Å². The number of anilines is 2. The molecular weight excluding hydrogens is 478 g/mol. The van der Waals surface area contributed by atoms with Crippen molar-refractivity contribution in [3.8, 4) is 0 Å². The molecule has 0 bridgehead atoms. The van der Waals surface area contributed by atoms with Gasteiger partial charge in [-0.1, -0.05) is 12.1 Å². The Morgan fingerprint density at radius 2 is 1.65 bits per heavy atom. The van der Waals surface area contributed by atoms with Crippen molar-refractivity contribution in [2.24, 2.45) is 7.05 Å². The number of nitrogens with one attached hydrogen (secondary N) is 2. The fraction of sp³-hybridized carbons (Fsp3) is 0.105. The van der Waals surface area contributed by atoms with E-state index in [1.54, 1.807) is 41.5 Å². The second kappa shape index (κ2) is 7.79. The van der Waals surface area contributed by atoms with E-state index in [0.717, 1.165) is 28.4 Å². The maximum Gasteiger partial charge on any atom is 0.271 e. The molecule has 0 spiro atoms. The number of aryl methyl sites for hydroxylation is 2. The highest BCUT2D eigenvalue weighted by molar-refractivity contribution is 7.94. The van der Waals surface area contributed by atoms with Gasteiger partial charge in [0.15, 0.2) is 0 Å². The summed E-state index contributed by atoms with van der Waals surface area (Å²) < 4.78 is 57.7. The summed E-state index contributed by atoms with van der Waals surface area (Å²) in [5, 5.41) is 1.94. The number of fused-ring (bicyclic) bond motifs is 1. The number of rotatable bonds is 6. The smallest absolute Gasteiger partial charge is 0.271 e. The van der Waals surface area contributed by atoms with E-state index in [2.05, 4.69) is 9.44 Å². The molecule has 2 aromatic carbocycles. The molecule has 0 aliphatic carbocycles. The molecule has 4 aromatic rings. The maximum absolute atomic E-state index is 13.0. The van der Waals surface area contributed by atoms with E-state index in [1.165, 1.54) is 30.3 Å². The summed E-state index contributed by atoms with van der Waals surface area (Å²) in [5.41, 5.74) is 1.54. The van der Waals surface area contributed by atoms with Crippen molar-refractivity contribution in [1.82, 2.24) is 3.96 Å². The van der Waals surface area contributed by atoms with Crippen LogP contribution in [0.1, 0.15) is 5.56 Å². The van der Waals surface area contributed by atoms with Gasteiger partial charge in [-0.25, -0.2) is 16.8 Å². The molecule has 2 heterocycles. The van der Waals surface area contributed by atoms with Gasteiger partial charge in [0.05, 0.1) is 27.2 Å². The average Bonchev–Trinajstić information content (AvgIpc) is 3.33. The van der Waals surface area contributed by atoms with Crippen molar-refractivity contribution in [3.05, 3.63) is 69.0 Å². The van der Waals surface area contributed by atoms with Crippen LogP contribution in [0, 0.1) is 6.92 Å². The molecule has 0 fully saturated rings. The lowest BCUT2D eigenvalue weighted by Crippen LogP contribution is -2.17. The van der Waals surface area contributed by atoms with Crippen LogP contribution in [0.3, 0.4) is 0 Å². The second-order valence-electron chi connectivity index (χ2n) is 6.75. The van der Waals surface area contributed by atoms with E-state index in [9.17, 15) is 21.6 Å². The Bertz CT molecular complexity index is 1550. The van der Waals surface area contributed by atoms with Crippen molar-refractivity contribution in [1.29, 1.82) is 0 Å². The lowest BCUT2D eigenvalue weighted by atomic mass is 10.2. The normalized spacial score (nSPS) is 12.2. The summed E-state index contributed by atoms with van der Waals surface area (Å²) in [7, 11) is -6.23. The molecule has 8 nitrogen and oxygen atoms in total. The average molecular weight is 496 g/mol. The molecule has 0 atom stereocenters. The molecule has 0 saturated carbocycles. The fourth-order valence-electron chi connectivity index (χ4n) is 2.99. The summed E-state index contributed by atoms with van der Waals surface area (Å²) in [6.45, 7) is 1.76. The first kappa shape index (κ1) is 21.6. The first-order chi connectivity index (χ1) is 14.6. The molecule has 31 heavy (non-hydrogen) atoms. The van der Waals surface area contributed by atoms with Gasteiger partial charge in [-0.15, -0.1) is 11.3 Å². The highest BCUT2D eigenvalue weighted by Crippen LogP contribution is 2.30. The molecule has 0 saturated heterocycles. The van der Waals surface area contributed by atoms with E-state index in [0.29, 0.717) is 10.9 Å². The van der Waals surface area contributed by atoms with Gasteiger partial charge in [0.25, 0.3) is 24.8 Å². The molecule has 2 aromatic heterocycles. The number of hydrogen-bond acceptors (Lipinski definition) is 7. The van der Waals surface area contributed by atoms with Crippen LogP contribution in [-0.4, -0.2) is 20.8 Å². The Labute approximate surface area is 187 Å². The van der Waals surface area contributed by atoms with Gasteiger partial charge in [0.2, 0.25) is 0 Å². The molecule has 0 radical (unpaired) electrons. The summed E-state index contributed by atoms with van der Waals surface area (Å²) in [5.74, 6) is 0. The van der Waals surface area contributed by atoms with Crippen molar-refractivity contribution in [2.75, 3.05) is 9.44 Å². The molecule has 162 valence electrons. The topological polar surface area (TPSA) is 114 Å². The van der Waals surface area contributed by atoms with Gasteiger partial charge in [0, 0.05) is 7.05 Å². The van der Waals surface area contributed by atoms with Crippen molar-refractivity contribution in [3.63, 3.8) is 0 Å². The van der Waals surface area contributed by atoms with Crippen LogP contribution in [0.4, 0.5) is 11.4 Å². The fourth-order valence-corrected chi connectivity index (χ4v) is 6.93. The van der Waals surface area contributed by atoms with Crippen LogP contribution in [0.5, 0.6) is 0 Å². The zero-order chi connectivity index (χ0) is 22.4. The Hall–Kier alpha value is -2.67. The molecule has 0 amide bonds. The number of sulfonamides is 2. The van der Waals surface area contributed by atoms with E-state index in [1.807, 2.05) is 0 Å². The van der Waals surface area contributed by atoms with Crippen LogP contribution in [0.2, 0.25) is 0 Å². The first-order valence-corrected chi connectivity index (χ1v) is 13.5. The van der Waals surface area contributed by atoms with Crippen LogP contribution < -0.4 is 14.2 Å². The number of nitrogens with zero attached hydrogens (tertiary/aromatic N) is 1. The van der Waals surface area contributed by atoms with Crippen molar-refractivity contribution >= 4 is 65.2 Å². The number of aromatic nitrogens is 1. The lowest BCUT2D eigenvalue weighted by Gasteiger charge is -2.15. The minimum Gasteiger partial charge on any atom is -0.297 e. The number of thiophene rings is 1. The zero-order valence-corrected chi connectivity index (χ0v) is 19.6. The highest BCUT2D eigenvalue weighted by Gasteiger charge is 2.21. The highest BCUT2D eigenvalue weighted by atomic mass is 32.2. The molecule has 2 N–H and O–H groups in total. The Morgan fingerprint density at radius 3 is 2.35 bits per heavy atom. The monoisotopic (exact) mass is 495 g/mol. The van der Waals surface area contributed by atoms with E-state index >= 15 is 0 Å². The quantitative estimate of drug-likeness (QED) is 0.424. The zero-order valence-electron chi connectivity index (χ0n) is 16.3. The van der Waals surface area contributed by atoms with Gasteiger partial charge >= 0.3 is 0 Å². The van der Waals surface area contributed by atoms with Crippen molar-refractivity contribution in [2.45, 2.75) is 16.0 Å². The van der Waals surface area contributed by atoms with Crippen molar-refractivity contribution < 1.29 is 16.8 Å². The molecule has 0 aliphatic rings. The lowest BCUT2D eigenvalue weighted by molar-refractivity contribution is 0.599. The van der Waals surface area contributed by atoms with Gasteiger partial charge in [-0.2, -0.15) is 0 Å². The van der Waals surface area contributed by atoms with Crippen LogP contribution >= 0.6 is 22.9 Å². The SMILES string of the molecule is Cc1ccc(NS(=O)(=O)c2cccs2)c(NS(=O)(=O)c2ccc3c(c2)c(=O)sn3C)c1. The van der Waals surface area contributed by atoms with E-state index < -0.39 is 20.0 Å². The summed E-state index contributed by atoms with van der Waals surface area (Å²) in [4.78, 5) is 12.0. The predicted molar refractivity (Wildman–Crippen MR) is 124 cm³/mol. The molecule has 0 unspecified atom stereocenters. The molecule has 4 rings (SSSR count). The first-order valence-electron chi connectivity index (χ1n) is 8.87. The Morgan fingerprint density at radius 1 is 0.903 bits per heavy atom. The largest absolute Gasteiger partial charge is 0.297 e. The van der Waals surface area contributed by atoms with E-state index in [4.69, 9.17) is 0 Å². The van der Waals surface area contributed by atoms with Gasteiger partial charge in [0.1, 0.15) is 4.21 Å². The number of benzene rings is 2. The van der Waals surface area contributed by atoms with Crippen LogP contribution in [-0.2, 0) is 27.1 Å². The van der Waals surface area contributed by atoms with Gasteiger partial charge < -0.3 is 0 Å². The summed E-state index contributed by atoms with van der Waals surface area (Å²) in [6.07, 6.45) is 0. The third-order valence-corrected chi connectivity index (χ3v) is 9.46. The predicted octanol–water partition coefficient (Wildman–Crippen LogP) is 3.57. The minimum atomic E-state index is -4.09. The summed E-state index contributed by atoms with van der Waals surface area (Å²) in [6, 6.07) is 12.1.